The van der Waals surface area contributed by atoms with Crippen molar-refractivity contribution in [3.63, 3.8) is 0 Å². The van der Waals surface area contributed by atoms with Gasteiger partial charge in [-0.25, -0.2) is 18.1 Å². The molecule has 0 aliphatic carbocycles. The molecule has 0 aliphatic heterocycles. The van der Waals surface area contributed by atoms with Crippen molar-refractivity contribution >= 4 is 21.7 Å². The fourth-order valence-electron chi connectivity index (χ4n) is 1.24. The van der Waals surface area contributed by atoms with E-state index in [4.69, 9.17) is 10.3 Å². The van der Waals surface area contributed by atoms with Gasteiger partial charge in [0.2, 0.25) is 5.88 Å². The molecule has 0 radical (unpaired) electrons. The summed E-state index contributed by atoms with van der Waals surface area (Å²) in [4.78, 5) is 3.73. The number of aromatic nitrogens is 2. The van der Waals surface area contributed by atoms with Crippen LogP contribution in [0, 0.1) is 13.8 Å². The van der Waals surface area contributed by atoms with E-state index in [1.807, 2.05) is 0 Å². The molecule has 3 N–H and O–H groups in total. The van der Waals surface area contributed by atoms with Gasteiger partial charge in [0.25, 0.3) is 10.0 Å². The number of hydrogen-bond acceptors (Lipinski definition) is 6. The van der Waals surface area contributed by atoms with Gasteiger partial charge in [0.05, 0.1) is 5.69 Å². The van der Waals surface area contributed by atoms with Gasteiger partial charge >= 0.3 is 0 Å². The van der Waals surface area contributed by atoms with E-state index in [2.05, 4.69) is 14.9 Å². The molecule has 18 heavy (non-hydrogen) atoms. The van der Waals surface area contributed by atoms with Crippen LogP contribution in [0.5, 0.6) is 0 Å². The Balaban J connectivity index is 2.33. The summed E-state index contributed by atoms with van der Waals surface area (Å²) < 4.78 is 31.2. The van der Waals surface area contributed by atoms with Gasteiger partial charge in [-0.2, -0.15) is 0 Å². The molecule has 8 heteroatoms. The Morgan fingerprint density at radius 1 is 1.33 bits per heavy atom. The Labute approximate surface area is 104 Å². The fourth-order valence-corrected chi connectivity index (χ4v) is 2.23. The average Bonchev–Trinajstić information content (AvgIpc) is 2.61. The van der Waals surface area contributed by atoms with Gasteiger partial charge in [-0.15, -0.1) is 0 Å². The van der Waals surface area contributed by atoms with Crippen molar-refractivity contribution in [1.29, 1.82) is 0 Å². The summed E-state index contributed by atoms with van der Waals surface area (Å²) in [6, 6.07) is 2.77. The van der Waals surface area contributed by atoms with Crippen LogP contribution in [-0.2, 0) is 10.0 Å². The number of hydrogen-bond donors (Lipinski definition) is 2. The summed E-state index contributed by atoms with van der Waals surface area (Å²) in [7, 11) is -3.74. The molecule has 0 fully saturated rings. The van der Waals surface area contributed by atoms with Gasteiger partial charge in [0, 0.05) is 11.8 Å². The molecule has 96 valence electrons. The highest BCUT2D eigenvalue weighted by Crippen LogP contribution is 2.21. The number of anilines is 2. The predicted molar refractivity (Wildman–Crippen MR) is 65.4 cm³/mol. The summed E-state index contributed by atoms with van der Waals surface area (Å²) in [5.41, 5.74) is 6.66. The Morgan fingerprint density at radius 2 is 2.06 bits per heavy atom. The van der Waals surface area contributed by atoms with Crippen LogP contribution in [0.15, 0.2) is 27.7 Å². The molecular formula is C10H12N4O3S. The number of nitrogen functional groups attached to an aromatic ring is 1. The van der Waals surface area contributed by atoms with Crippen LogP contribution in [0.4, 0.5) is 11.7 Å². The third kappa shape index (κ3) is 2.28. The molecule has 2 heterocycles. The van der Waals surface area contributed by atoms with Crippen molar-refractivity contribution in [2.24, 2.45) is 0 Å². The lowest BCUT2D eigenvalue weighted by molar-refractivity contribution is 0.430. The van der Waals surface area contributed by atoms with Gasteiger partial charge < -0.3 is 10.3 Å². The van der Waals surface area contributed by atoms with E-state index in [-0.39, 0.29) is 16.6 Å². The molecule has 2 aromatic heterocycles. The number of nitrogens with zero attached hydrogens (tertiary/aromatic N) is 2. The molecule has 2 aromatic rings. The summed E-state index contributed by atoms with van der Waals surface area (Å²) in [6.45, 7) is 3.44. The third-order valence-corrected chi connectivity index (χ3v) is 3.77. The van der Waals surface area contributed by atoms with E-state index >= 15 is 0 Å². The number of nitrogens with two attached hydrogens (primary N) is 1. The topological polar surface area (TPSA) is 111 Å². The van der Waals surface area contributed by atoms with E-state index in [0.29, 0.717) is 11.3 Å². The van der Waals surface area contributed by atoms with Crippen LogP contribution >= 0.6 is 0 Å². The minimum absolute atomic E-state index is 0.00477. The zero-order valence-electron chi connectivity index (χ0n) is 9.84. The number of aryl methyl sites for hydroxylation is 1. The molecule has 0 unspecified atom stereocenters. The number of rotatable bonds is 3. The number of nitrogens with one attached hydrogen (secondary N) is 1. The first-order chi connectivity index (χ1) is 8.40. The highest BCUT2D eigenvalue weighted by Gasteiger charge is 2.19. The van der Waals surface area contributed by atoms with Crippen LogP contribution in [0.25, 0.3) is 0 Å². The van der Waals surface area contributed by atoms with E-state index < -0.39 is 10.0 Å². The molecule has 0 saturated heterocycles. The minimum Gasteiger partial charge on any atom is -0.384 e. The van der Waals surface area contributed by atoms with Gasteiger partial charge in [-0.1, -0.05) is 5.16 Å². The zero-order valence-corrected chi connectivity index (χ0v) is 10.7. The quantitative estimate of drug-likeness (QED) is 0.861. The summed E-state index contributed by atoms with van der Waals surface area (Å²) >= 11 is 0. The lowest BCUT2D eigenvalue weighted by atomic mass is 10.3. The van der Waals surface area contributed by atoms with E-state index in [9.17, 15) is 8.42 Å². The largest absolute Gasteiger partial charge is 0.384 e. The normalized spacial score (nSPS) is 11.4. The van der Waals surface area contributed by atoms with Crippen LogP contribution in [0.2, 0.25) is 0 Å². The first-order valence-corrected chi connectivity index (χ1v) is 6.55. The van der Waals surface area contributed by atoms with Crippen molar-refractivity contribution in [3.8, 4) is 0 Å². The third-order valence-electron chi connectivity index (χ3n) is 2.45. The van der Waals surface area contributed by atoms with E-state index in [0.717, 1.165) is 0 Å². The second-order valence-electron chi connectivity index (χ2n) is 3.75. The van der Waals surface area contributed by atoms with Gasteiger partial charge in [0.1, 0.15) is 10.7 Å². The number of sulfonamides is 1. The predicted octanol–water partition coefficient (Wildman–Crippen LogP) is 1.07. The second kappa shape index (κ2) is 4.30. The average molecular weight is 268 g/mol. The first kappa shape index (κ1) is 12.4. The molecule has 0 aliphatic rings. The van der Waals surface area contributed by atoms with Crippen molar-refractivity contribution < 1.29 is 12.9 Å². The maximum absolute atomic E-state index is 12.0. The molecule has 7 nitrogen and oxygen atoms in total. The summed E-state index contributed by atoms with van der Waals surface area (Å²) in [6.07, 6.45) is 1.18. The Kier molecular flexibility index (Phi) is 2.95. The van der Waals surface area contributed by atoms with Crippen molar-refractivity contribution in [3.05, 3.63) is 29.6 Å². The molecular weight excluding hydrogens is 256 g/mol. The first-order valence-electron chi connectivity index (χ1n) is 5.07. The summed E-state index contributed by atoms with van der Waals surface area (Å²) in [5, 5.41) is 3.67. The monoisotopic (exact) mass is 268 g/mol. The van der Waals surface area contributed by atoms with E-state index in [1.54, 1.807) is 13.8 Å². The molecule has 0 bridgehead atoms. The molecule has 0 saturated carbocycles. The zero-order chi connectivity index (χ0) is 13.3. The molecule has 0 amide bonds. The SMILES string of the molecule is Cc1noc(NS(=O)(=O)c2ccc(N)nc2)c1C. The molecule has 2 rings (SSSR count). The Morgan fingerprint density at radius 3 is 2.56 bits per heavy atom. The minimum atomic E-state index is -3.74. The highest BCUT2D eigenvalue weighted by atomic mass is 32.2. The lowest BCUT2D eigenvalue weighted by Crippen LogP contribution is -2.13. The van der Waals surface area contributed by atoms with Crippen molar-refractivity contribution in [2.45, 2.75) is 18.7 Å². The lowest BCUT2D eigenvalue weighted by Gasteiger charge is -2.05. The fraction of sp³-hybridized carbons (Fsp3) is 0.200. The Hall–Kier alpha value is -2.09. The maximum Gasteiger partial charge on any atom is 0.265 e. The van der Waals surface area contributed by atoms with Crippen LogP contribution in [0.1, 0.15) is 11.3 Å². The van der Waals surface area contributed by atoms with Crippen LogP contribution < -0.4 is 10.5 Å². The molecule has 0 aromatic carbocycles. The number of pyridine rings is 1. The van der Waals surface area contributed by atoms with Crippen molar-refractivity contribution in [1.82, 2.24) is 10.1 Å². The van der Waals surface area contributed by atoms with Gasteiger partial charge in [-0.3, -0.25) is 0 Å². The van der Waals surface area contributed by atoms with Crippen LogP contribution in [0.3, 0.4) is 0 Å². The van der Waals surface area contributed by atoms with Crippen molar-refractivity contribution in [2.75, 3.05) is 10.5 Å². The Bertz CT molecular complexity index is 661. The standard InChI is InChI=1S/C10H12N4O3S/c1-6-7(2)13-17-10(6)14-18(15,16)8-3-4-9(11)12-5-8/h3-5,14H,1-2H3,(H2,11,12). The van der Waals surface area contributed by atoms with Gasteiger partial charge in [-0.05, 0) is 26.0 Å². The smallest absolute Gasteiger partial charge is 0.265 e. The maximum atomic E-state index is 12.0. The second-order valence-corrected chi connectivity index (χ2v) is 5.43. The van der Waals surface area contributed by atoms with Crippen LogP contribution in [-0.4, -0.2) is 18.6 Å². The molecule has 0 atom stereocenters. The highest BCUT2D eigenvalue weighted by molar-refractivity contribution is 7.92. The molecule has 0 spiro atoms. The summed E-state index contributed by atoms with van der Waals surface area (Å²) in [5.74, 6) is 0.352. The van der Waals surface area contributed by atoms with Gasteiger partial charge in [0.15, 0.2) is 0 Å². The van der Waals surface area contributed by atoms with E-state index in [1.165, 1.54) is 18.3 Å².